The van der Waals surface area contributed by atoms with E-state index in [4.69, 9.17) is 10.2 Å². The van der Waals surface area contributed by atoms with E-state index in [0.29, 0.717) is 6.42 Å². The normalized spacial score (nSPS) is 17.8. The maximum atomic E-state index is 10.5. The van der Waals surface area contributed by atoms with Gasteiger partial charge < -0.3 is 5.11 Å². The predicted octanol–water partition coefficient (Wildman–Crippen LogP) is -1.06. The molecule has 4 N–H and O–H groups in total. The molecule has 0 aromatic carbocycles. The SMILES string of the molecule is CCC(C)(CO)NS(N)(=O)=O. The molecular formula is C5H14N2O3S. The summed E-state index contributed by atoms with van der Waals surface area (Å²) >= 11 is 0. The number of aliphatic hydroxyl groups excluding tert-OH is 1. The average Bonchev–Trinajstić information content (AvgIpc) is 1.84. The van der Waals surface area contributed by atoms with Crippen LogP contribution in [0.25, 0.3) is 0 Å². The largest absolute Gasteiger partial charge is 0.394 e. The quantitative estimate of drug-likeness (QED) is 0.517. The van der Waals surface area contributed by atoms with Crippen molar-refractivity contribution >= 4 is 10.2 Å². The van der Waals surface area contributed by atoms with Gasteiger partial charge in [-0.1, -0.05) is 6.92 Å². The van der Waals surface area contributed by atoms with Crippen molar-refractivity contribution in [3.63, 3.8) is 0 Å². The van der Waals surface area contributed by atoms with Gasteiger partial charge in [-0.3, -0.25) is 0 Å². The van der Waals surface area contributed by atoms with Crippen LogP contribution in [-0.4, -0.2) is 25.7 Å². The molecule has 0 saturated carbocycles. The second kappa shape index (κ2) is 3.48. The Morgan fingerprint density at radius 1 is 1.64 bits per heavy atom. The number of hydrogen-bond acceptors (Lipinski definition) is 3. The number of rotatable bonds is 4. The van der Waals surface area contributed by atoms with E-state index < -0.39 is 15.7 Å². The van der Waals surface area contributed by atoms with Crippen molar-refractivity contribution < 1.29 is 13.5 Å². The Bertz CT molecular complexity index is 208. The van der Waals surface area contributed by atoms with Crippen molar-refractivity contribution in [3.8, 4) is 0 Å². The summed E-state index contributed by atoms with van der Waals surface area (Å²) in [6.45, 7) is 3.08. The summed E-state index contributed by atoms with van der Waals surface area (Å²) in [4.78, 5) is 0. The molecule has 5 nitrogen and oxygen atoms in total. The van der Waals surface area contributed by atoms with Gasteiger partial charge in [0.25, 0.3) is 10.2 Å². The minimum Gasteiger partial charge on any atom is -0.394 e. The molecule has 68 valence electrons. The van der Waals surface area contributed by atoms with Crippen LogP contribution in [0.2, 0.25) is 0 Å². The highest BCUT2D eigenvalue weighted by Gasteiger charge is 2.24. The lowest BCUT2D eigenvalue weighted by atomic mass is 10.0. The fraction of sp³-hybridized carbons (Fsp3) is 1.00. The molecule has 1 atom stereocenters. The van der Waals surface area contributed by atoms with Gasteiger partial charge in [0.15, 0.2) is 0 Å². The third kappa shape index (κ3) is 4.31. The molecule has 11 heavy (non-hydrogen) atoms. The Kier molecular flexibility index (Phi) is 3.43. The summed E-state index contributed by atoms with van der Waals surface area (Å²) < 4.78 is 23.2. The smallest absolute Gasteiger partial charge is 0.274 e. The Labute approximate surface area is 66.8 Å². The maximum absolute atomic E-state index is 10.5. The van der Waals surface area contributed by atoms with E-state index in [0.717, 1.165) is 0 Å². The topological polar surface area (TPSA) is 92.4 Å². The first-order valence-corrected chi connectivity index (χ1v) is 4.80. The van der Waals surface area contributed by atoms with Gasteiger partial charge >= 0.3 is 0 Å². The molecule has 0 spiro atoms. The van der Waals surface area contributed by atoms with E-state index in [2.05, 4.69) is 4.72 Å². The Hall–Kier alpha value is -0.170. The fourth-order valence-corrected chi connectivity index (χ4v) is 1.46. The Balaban J connectivity index is 4.32. The van der Waals surface area contributed by atoms with Crippen LogP contribution in [-0.2, 0) is 10.2 Å². The number of nitrogens with two attached hydrogens (primary N) is 1. The molecule has 0 radical (unpaired) electrons. The highest BCUT2D eigenvalue weighted by molar-refractivity contribution is 7.87. The van der Waals surface area contributed by atoms with Gasteiger partial charge in [-0.15, -0.1) is 0 Å². The lowest BCUT2D eigenvalue weighted by Gasteiger charge is -2.25. The molecule has 0 aromatic rings. The zero-order valence-electron chi connectivity index (χ0n) is 6.66. The summed E-state index contributed by atoms with van der Waals surface area (Å²) in [5, 5.41) is 13.5. The van der Waals surface area contributed by atoms with Crippen LogP contribution < -0.4 is 9.86 Å². The molecule has 0 aliphatic carbocycles. The fourth-order valence-electron chi connectivity index (χ4n) is 0.560. The summed E-state index contributed by atoms with van der Waals surface area (Å²) in [6.07, 6.45) is 0.486. The predicted molar refractivity (Wildman–Crippen MR) is 42.0 cm³/mol. The zero-order valence-corrected chi connectivity index (χ0v) is 7.48. The average molecular weight is 182 g/mol. The van der Waals surface area contributed by atoms with Gasteiger partial charge in [-0.2, -0.15) is 13.1 Å². The standard InChI is InChI=1S/C5H14N2O3S/c1-3-5(2,4-8)7-11(6,9)10/h7-8H,3-4H2,1-2H3,(H2,6,9,10). The van der Waals surface area contributed by atoms with Crippen LogP contribution in [0.5, 0.6) is 0 Å². The molecule has 0 aliphatic rings. The van der Waals surface area contributed by atoms with Crippen molar-refractivity contribution in [1.82, 2.24) is 4.72 Å². The highest BCUT2D eigenvalue weighted by atomic mass is 32.2. The number of aliphatic hydroxyl groups is 1. The molecule has 0 fully saturated rings. The van der Waals surface area contributed by atoms with Gasteiger partial charge in [-0.05, 0) is 13.3 Å². The van der Waals surface area contributed by atoms with Crippen molar-refractivity contribution in [1.29, 1.82) is 0 Å². The van der Waals surface area contributed by atoms with Gasteiger partial charge in [0.05, 0.1) is 12.1 Å². The number of hydrogen-bond donors (Lipinski definition) is 3. The molecule has 0 rings (SSSR count). The van der Waals surface area contributed by atoms with E-state index in [9.17, 15) is 8.42 Å². The van der Waals surface area contributed by atoms with Gasteiger partial charge in [0, 0.05) is 0 Å². The van der Waals surface area contributed by atoms with E-state index in [1.165, 1.54) is 0 Å². The van der Waals surface area contributed by atoms with Crippen LogP contribution in [0.4, 0.5) is 0 Å². The molecule has 6 heteroatoms. The zero-order chi connectivity index (χ0) is 9.12. The van der Waals surface area contributed by atoms with E-state index >= 15 is 0 Å². The minimum atomic E-state index is -3.72. The molecule has 0 bridgehead atoms. The van der Waals surface area contributed by atoms with Crippen molar-refractivity contribution in [2.45, 2.75) is 25.8 Å². The van der Waals surface area contributed by atoms with Crippen LogP contribution >= 0.6 is 0 Å². The molecule has 0 heterocycles. The summed E-state index contributed by atoms with van der Waals surface area (Å²) in [5.41, 5.74) is -0.840. The number of nitrogens with one attached hydrogen (secondary N) is 1. The second-order valence-electron chi connectivity index (χ2n) is 2.72. The van der Waals surface area contributed by atoms with Crippen LogP contribution in [0.15, 0.2) is 0 Å². The van der Waals surface area contributed by atoms with Crippen LogP contribution in [0, 0.1) is 0 Å². The first-order chi connectivity index (χ1) is 4.83. The summed E-state index contributed by atoms with van der Waals surface area (Å²) in [5.74, 6) is 0. The van der Waals surface area contributed by atoms with E-state index in [1.54, 1.807) is 13.8 Å². The maximum Gasteiger partial charge on any atom is 0.274 e. The Morgan fingerprint density at radius 2 is 2.09 bits per heavy atom. The third-order valence-electron chi connectivity index (χ3n) is 1.52. The van der Waals surface area contributed by atoms with Crippen LogP contribution in [0.1, 0.15) is 20.3 Å². The highest BCUT2D eigenvalue weighted by Crippen LogP contribution is 2.07. The molecule has 0 aromatic heterocycles. The van der Waals surface area contributed by atoms with Gasteiger partial charge in [0.1, 0.15) is 0 Å². The summed E-state index contributed by atoms with van der Waals surface area (Å²) in [7, 11) is -3.72. The van der Waals surface area contributed by atoms with Crippen molar-refractivity contribution in [2.75, 3.05) is 6.61 Å². The lowest BCUT2D eigenvalue weighted by Crippen LogP contribution is -2.50. The molecule has 1 unspecified atom stereocenters. The van der Waals surface area contributed by atoms with Crippen molar-refractivity contribution in [2.24, 2.45) is 5.14 Å². The van der Waals surface area contributed by atoms with Crippen molar-refractivity contribution in [3.05, 3.63) is 0 Å². The monoisotopic (exact) mass is 182 g/mol. The Morgan fingerprint density at radius 3 is 2.18 bits per heavy atom. The molecule has 0 amide bonds. The van der Waals surface area contributed by atoms with Gasteiger partial charge in [-0.25, -0.2) is 5.14 Å². The minimum absolute atomic E-state index is 0.264. The van der Waals surface area contributed by atoms with Crippen LogP contribution in [0.3, 0.4) is 0 Å². The first kappa shape index (κ1) is 10.8. The van der Waals surface area contributed by atoms with E-state index in [-0.39, 0.29) is 6.61 Å². The lowest BCUT2D eigenvalue weighted by molar-refractivity contribution is 0.191. The summed E-state index contributed by atoms with van der Waals surface area (Å²) in [6, 6.07) is 0. The molecule has 0 aliphatic heterocycles. The van der Waals surface area contributed by atoms with Gasteiger partial charge in [0.2, 0.25) is 0 Å². The molecule has 0 saturated heterocycles. The first-order valence-electron chi connectivity index (χ1n) is 3.25. The third-order valence-corrected chi connectivity index (χ3v) is 2.30. The second-order valence-corrected chi connectivity index (χ2v) is 4.01. The van der Waals surface area contributed by atoms with E-state index in [1.807, 2.05) is 0 Å². The molecular weight excluding hydrogens is 168 g/mol.